The van der Waals surface area contributed by atoms with E-state index in [0.29, 0.717) is 12.5 Å². The maximum absolute atomic E-state index is 5.74. The molecule has 1 atom stereocenters. The van der Waals surface area contributed by atoms with E-state index in [-0.39, 0.29) is 0 Å². The molecule has 0 fully saturated rings. The van der Waals surface area contributed by atoms with E-state index in [0.717, 1.165) is 24.1 Å². The third-order valence-corrected chi connectivity index (χ3v) is 3.65. The van der Waals surface area contributed by atoms with Crippen LogP contribution in [0.25, 0.3) is 10.9 Å². The molecule has 1 unspecified atom stereocenters. The first-order valence-corrected chi connectivity index (χ1v) is 6.59. The highest BCUT2D eigenvalue weighted by molar-refractivity contribution is 5.86. The smallest absolute Gasteiger partial charge is 0.120 e. The Morgan fingerprint density at radius 1 is 1.39 bits per heavy atom. The molecule has 1 heterocycles. The molecule has 0 bridgehead atoms. The van der Waals surface area contributed by atoms with Crippen LogP contribution >= 0.6 is 0 Å². The lowest BCUT2D eigenvalue weighted by Gasteiger charge is -2.09. The molecule has 0 aliphatic carbocycles. The van der Waals surface area contributed by atoms with E-state index in [1.54, 1.807) is 7.11 Å². The first kappa shape index (κ1) is 13.0. The van der Waals surface area contributed by atoms with E-state index in [2.05, 4.69) is 31.0 Å². The van der Waals surface area contributed by atoms with Crippen molar-refractivity contribution in [1.29, 1.82) is 0 Å². The standard InChI is InChI=1S/C15H22N2O/c1-4-10(2)15-13(7-8-16)12-6-5-11(18-3)9-14(12)17-15/h5-6,9-10,17H,4,7-8,16H2,1-3H3. The van der Waals surface area contributed by atoms with Crippen LogP contribution in [0.4, 0.5) is 0 Å². The molecule has 1 aromatic carbocycles. The maximum atomic E-state index is 5.74. The maximum Gasteiger partial charge on any atom is 0.120 e. The Morgan fingerprint density at radius 2 is 2.17 bits per heavy atom. The first-order chi connectivity index (χ1) is 8.71. The van der Waals surface area contributed by atoms with E-state index in [1.807, 2.05) is 6.07 Å². The minimum atomic E-state index is 0.532. The zero-order chi connectivity index (χ0) is 13.1. The molecule has 0 saturated heterocycles. The molecule has 2 rings (SSSR count). The van der Waals surface area contributed by atoms with Crippen molar-refractivity contribution in [3.8, 4) is 5.75 Å². The fourth-order valence-electron chi connectivity index (χ4n) is 2.42. The molecule has 0 saturated carbocycles. The van der Waals surface area contributed by atoms with E-state index in [1.165, 1.54) is 16.6 Å². The largest absolute Gasteiger partial charge is 0.497 e. The van der Waals surface area contributed by atoms with Gasteiger partial charge in [0.2, 0.25) is 0 Å². The highest BCUT2D eigenvalue weighted by Gasteiger charge is 2.15. The highest BCUT2D eigenvalue weighted by atomic mass is 16.5. The average Bonchev–Trinajstić information content (AvgIpc) is 2.76. The van der Waals surface area contributed by atoms with Gasteiger partial charge < -0.3 is 15.5 Å². The van der Waals surface area contributed by atoms with Crippen LogP contribution in [0.5, 0.6) is 5.75 Å². The summed E-state index contributed by atoms with van der Waals surface area (Å²) in [5.41, 5.74) is 9.58. The number of hydrogen-bond acceptors (Lipinski definition) is 2. The fourth-order valence-corrected chi connectivity index (χ4v) is 2.42. The number of rotatable bonds is 5. The lowest BCUT2D eigenvalue weighted by atomic mass is 9.98. The molecule has 1 aromatic heterocycles. The summed E-state index contributed by atoms with van der Waals surface area (Å²) < 4.78 is 5.27. The number of ether oxygens (including phenoxy) is 1. The van der Waals surface area contributed by atoms with Crippen molar-refractivity contribution in [3.63, 3.8) is 0 Å². The summed E-state index contributed by atoms with van der Waals surface area (Å²) in [6.45, 7) is 5.15. The van der Waals surface area contributed by atoms with E-state index in [4.69, 9.17) is 10.5 Å². The number of aromatic nitrogens is 1. The summed E-state index contributed by atoms with van der Waals surface area (Å²) in [5.74, 6) is 1.42. The summed E-state index contributed by atoms with van der Waals surface area (Å²) in [6.07, 6.45) is 2.05. The Kier molecular flexibility index (Phi) is 3.92. The summed E-state index contributed by atoms with van der Waals surface area (Å²) in [7, 11) is 1.69. The number of fused-ring (bicyclic) bond motifs is 1. The van der Waals surface area contributed by atoms with Crippen LogP contribution in [0, 0.1) is 0 Å². The zero-order valence-electron chi connectivity index (χ0n) is 11.4. The lowest BCUT2D eigenvalue weighted by Crippen LogP contribution is -2.05. The van der Waals surface area contributed by atoms with Crippen molar-refractivity contribution >= 4 is 10.9 Å². The van der Waals surface area contributed by atoms with Crippen molar-refractivity contribution in [2.45, 2.75) is 32.6 Å². The van der Waals surface area contributed by atoms with Crippen molar-refractivity contribution in [1.82, 2.24) is 4.98 Å². The van der Waals surface area contributed by atoms with E-state index in [9.17, 15) is 0 Å². The second kappa shape index (κ2) is 5.44. The monoisotopic (exact) mass is 246 g/mol. The fraction of sp³-hybridized carbons (Fsp3) is 0.467. The quantitative estimate of drug-likeness (QED) is 0.851. The number of hydrogen-bond donors (Lipinski definition) is 2. The van der Waals surface area contributed by atoms with Gasteiger partial charge in [0.15, 0.2) is 0 Å². The van der Waals surface area contributed by atoms with Crippen LogP contribution in [-0.2, 0) is 6.42 Å². The Labute approximate surface area is 108 Å². The molecule has 0 spiro atoms. The van der Waals surface area contributed by atoms with Crippen molar-refractivity contribution in [2.24, 2.45) is 5.73 Å². The van der Waals surface area contributed by atoms with E-state index < -0.39 is 0 Å². The molecule has 3 nitrogen and oxygen atoms in total. The number of nitrogens with one attached hydrogen (secondary N) is 1. The third kappa shape index (κ3) is 2.23. The second-order valence-corrected chi connectivity index (χ2v) is 4.78. The zero-order valence-corrected chi connectivity index (χ0v) is 11.4. The van der Waals surface area contributed by atoms with Crippen LogP contribution < -0.4 is 10.5 Å². The average molecular weight is 246 g/mol. The van der Waals surface area contributed by atoms with Gasteiger partial charge in [0.25, 0.3) is 0 Å². The van der Waals surface area contributed by atoms with Gasteiger partial charge in [0, 0.05) is 22.7 Å². The summed E-state index contributed by atoms with van der Waals surface area (Å²) >= 11 is 0. The predicted octanol–water partition coefficient (Wildman–Crippen LogP) is 3.19. The first-order valence-electron chi connectivity index (χ1n) is 6.59. The number of methoxy groups -OCH3 is 1. The Morgan fingerprint density at radius 3 is 2.78 bits per heavy atom. The highest BCUT2D eigenvalue weighted by Crippen LogP contribution is 2.31. The van der Waals surface area contributed by atoms with Gasteiger partial charge in [-0.25, -0.2) is 0 Å². The van der Waals surface area contributed by atoms with Gasteiger partial charge in [-0.3, -0.25) is 0 Å². The minimum Gasteiger partial charge on any atom is -0.497 e. The molecule has 18 heavy (non-hydrogen) atoms. The van der Waals surface area contributed by atoms with Crippen LogP contribution in [-0.4, -0.2) is 18.6 Å². The summed E-state index contributed by atoms with van der Waals surface area (Å²) in [6, 6.07) is 6.19. The van der Waals surface area contributed by atoms with E-state index >= 15 is 0 Å². The van der Waals surface area contributed by atoms with Gasteiger partial charge in [-0.2, -0.15) is 0 Å². The summed E-state index contributed by atoms with van der Waals surface area (Å²) in [5, 5.41) is 1.27. The Hall–Kier alpha value is -1.48. The minimum absolute atomic E-state index is 0.532. The van der Waals surface area contributed by atoms with Gasteiger partial charge in [-0.15, -0.1) is 0 Å². The van der Waals surface area contributed by atoms with Crippen LogP contribution in [0.15, 0.2) is 18.2 Å². The molecular weight excluding hydrogens is 224 g/mol. The predicted molar refractivity (Wildman–Crippen MR) is 76.3 cm³/mol. The molecule has 3 N–H and O–H groups in total. The van der Waals surface area contributed by atoms with Crippen molar-refractivity contribution < 1.29 is 4.74 Å². The van der Waals surface area contributed by atoms with Gasteiger partial charge in [0.05, 0.1) is 7.11 Å². The van der Waals surface area contributed by atoms with Crippen molar-refractivity contribution in [3.05, 3.63) is 29.5 Å². The normalized spacial score (nSPS) is 12.9. The van der Waals surface area contributed by atoms with Crippen LogP contribution in [0.1, 0.15) is 37.4 Å². The second-order valence-electron chi connectivity index (χ2n) is 4.78. The molecule has 98 valence electrons. The Bertz CT molecular complexity index is 531. The molecule has 3 heteroatoms. The molecule has 0 radical (unpaired) electrons. The molecule has 0 aliphatic heterocycles. The lowest BCUT2D eigenvalue weighted by molar-refractivity contribution is 0.415. The molecule has 0 amide bonds. The summed E-state index contributed by atoms with van der Waals surface area (Å²) in [4.78, 5) is 3.54. The van der Waals surface area contributed by atoms with Gasteiger partial charge in [-0.05, 0) is 43.0 Å². The number of nitrogens with two attached hydrogens (primary N) is 1. The third-order valence-electron chi connectivity index (χ3n) is 3.65. The molecule has 0 aliphatic rings. The van der Waals surface area contributed by atoms with Gasteiger partial charge >= 0.3 is 0 Å². The number of benzene rings is 1. The Balaban J connectivity index is 2.58. The van der Waals surface area contributed by atoms with Gasteiger partial charge in [0.1, 0.15) is 5.75 Å². The molecule has 2 aromatic rings. The SMILES string of the molecule is CCC(C)c1[nH]c2cc(OC)ccc2c1CCN. The van der Waals surface area contributed by atoms with Crippen LogP contribution in [0.3, 0.4) is 0 Å². The number of H-pyrrole nitrogens is 1. The van der Waals surface area contributed by atoms with Crippen LogP contribution in [0.2, 0.25) is 0 Å². The number of aromatic amines is 1. The molecular formula is C15H22N2O. The topological polar surface area (TPSA) is 51.0 Å². The van der Waals surface area contributed by atoms with Gasteiger partial charge in [-0.1, -0.05) is 13.8 Å². The van der Waals surface area contributed by atoms with Crippen molar-refractivity contribution in [2.75, 3.05) is 13.7 Å².